The molecule has 0 bridgehead atoms. The van der Waals surface area contributed by atoms with Gasteiger partial charge in [-0.1, -0.05) is 49.6 Å². The first kappa shape index (κ1) is 16.4. The van der Waals surface area contributed by atoms with Crippen LogP contribution in [0.4, 0.5) is 0 Å². The van der Waals surface area contributed by atoms with E-state index in [0.717, 1.165) is 44.5 Å². The average Bonchev–Trinajstić information content (AvgIpc) is 3.11. The number of nitrogens with one attached hydrogen (secondary N) is 1. The zero-order valence-corrected chi connectivity index (χ0v) is 14.8. The number of imidazole rings is 1. The summed E-state index contributed by atoms with van der Waals surface area (Å²) in [6, 6.07) is 10.6. The van der Waals surface area contributed by atoms with Crippen LogP contribution in [0.15, 0.2) is 42.7 Å². The zero-order chi connectivity index (χ0) is 17.1. The fourth-order valence-corrected chi connectivity index (χ4v) is 4.50. The van der Waals surface area contributed by atoms with Gasteiger partial charge in [0.15, 0.2) is 0 Å². The minimum absolute atomic E-state index is 0.0597. The molecule has 1 aromatic heterocycles. The van der Waals surface area contributed by atoms with Crippen LogP contribution >= 0.6 is 0 Å². The van der Waals surface area contributed by atoms with Crippen molar-refractivity contribution in [2.45, 2.75) is 63.5 Å². The van der Waals surface area contributed by atoms with Crippen molar-refractivity contribution in [2.24, 2.45) is 5.92 Å². The van der Waals surface area contributed by atoms with Crippen LogP contribution in [0.5, 0.6) is 0 Å². The number of rotatable bonds is 4. The maximum atomic E-state index is 13.0. The summed E-state index contributed by atoms with van der Waals surface area (Å²) in [7, 11) is 0. The molecular formula is C21H27N3O. The Labute approximate surface area is 149 Å². The number of aromatic nitrogens is 2. The third kappa shape index (κ3) is 3.63. The molecule has 1 fully saturated rings. The lowest BCUT2D eigenvalue weighted by Crippen LogP contribution is -2.53. The number of amides is 1. The second kappa shape index (κ2) is 7.03. The van der Waals surface area contributed by atoms with E-state index >= 15 is 0 Å². The van der Waals surface area contributed by atoms with Crippen LogP contribution in [0, 0.1) is 5.92 Å². The van der Waals surface area contributed by atoms with Gasteiger partial charge in [-0.3, -0.25) is 4.79 Å². The van der Waals surface area contributed by atoms with Crippen LogP contribution < -0.4 is 5.32 Å². The molecule has 1 amide bonds. The Morgan fingerprint density at radius 1 is 1.20 bits per heavy atom. The van der Waals surface area contributed by atoms with Gasteiger partial charge in [0.1, 0.15) is 5.82 Å². The molecule has 4 heteroatoms. The number of carbonyl (C=O) groups is 1. The van der Waals surface area contributed by atoms with E-state index in [-0.39, 0.29) is 17.4 Å². The van der Waals surface area contributed by atoms with E-state index in [9.17, 15) is 4.79 Å². The number of benzene rings is 1. The molecule has 0 saturated heterocycles. The standard InChI is InChI=1S/C21H27N3O/c25-20(18-9-13-24-14-12-22-19(24)15-18)23-21(10-5-2-6-11-21)16-17-7-3-1-4-8-17/h1,3-4,7-8,12,14,18H,2,5-6,9-11,13,15-16H2,(H,23,25)/t18-/m0/s1. The minimum atomic E-state index is -0.0659. The van der Waals surface area contributed by atoms with Gasteiger partial charge in [0.25, 0.3) is 0 Å². The summed E-state index contributed by atoms with van der Waals surface area (Å²) in [5, 5.41) is 3.50. The second-order valence-corrected chi connectivity index (χ2v) is 7.72. The lowest BCUT2D eigenvalue weighted by Gasteiger charge is -2.40. The maximum Gasteiger partial charge on any atom is 0.224 e. The summed E-state index contributed by atoms with van der Waals surface area (Å²) in [6.45, 7) is 0.902. The molecular weight excluding hydrogens is 310 g/mol. The van der Waals surface area contributed by atoms with Crippen molar-refractivity contribution in [3.05, 3.63) is 54.1 Å². The summed E-state index contributed by atoms with van der Waals surface area (Å²) in [4.78, 5) is 17.4. The van der Waals surface area contributed by atoms with E-state index in [1.807, 2.05) is 12.4 Å². The molecule has 2 aliphatic rings. The number of nitrogens with zero attached hydrogens (tertiary/aromatic N) is 2. The van der Waals surface area contributed by atoms with Crippen molar-refractivity contribution in [3.63, 3.8) is 0 Å². The van der Waals surface area contributed by atoms with Crippen LogP contribution in [-0.2, 0) is 24.2 Å². The smallest absolute Gasteiger partial charge is 0.224 e. The van der Waals surface area contributed by atoms with E-state index < -0.39 is 0 Å². The van der Waals surface area contributed by atoms with Gasteiger partial charge in [-0.15, -0.1) is 0 Å². The van der Waals surface area contributed by atoms with Gasteiger partial charge in [-0.25, -0.2) is 4.98 Å². The topological polar surface area (TPSA) is 46.9 Å². The normalized spacial score (nSPS) is 22.2. The first-order valence-corrected chi connectivity index (χ1v) is 9.60. The zero-order valence-electron chi connectivity index (χ0n) is 14.8. The molecule has 1 atom stereocenters. The summed E-state index contributed by atoms with van der Waals surface area (Å²) < 4.78 is 2.17. The molecule has 132 valence electrons. The second-order valence-electron chi connectivity index (χ2n) is 7.72. The number of aryl methyl sites for hydroxylation is 1. The molecule has 2 aromatic rings. The Morgan fingerprint density at radius 3 is 2.80 bits per heavy atom. The molecule has 0 unspecified atom stereocenters. The molecule has 4 rings (SSSR count). The molecule has 1 aromatic carbocycles. The predicted octanol–water partition coefficient (Wildman–Crippen LogP) is 3.51. The van der Waals surface area contributed by atoms with Gasteiger partial charge in [-0.05, 0) is 31.2 Å². The predicted molar refractivity (Wildman–Crippen MR) is 98.1 cm³/mol. The largest absolute Gasteiger partial charge is 0.350 e. The summed E-state index contributed by atoms with van der Waals surface area (Å²) in [6.07, 6.45) is 12.4. The Balaban J connectivity index is 1.48. The first-order chi connectivity index (χ1) is 12.2. The summed E-state index contributed by atoms with van der Waals surface area (Å²) in [5.41, 5.74) is 1.26. The number of hydrogen-bond acceptors (Lipinski definition) is 2. The van der Waals surface area contributed by atoms with E-state index in [4.69, 9.17) is 0 Å². The molecule has 2 heterocycles. The van der Waals surface area contributed by atoms with Crippen molar-refractivity contribution in [3.8, 4) is 0 Å². The molecule has 4 nitrogen and oxygen atoms in total. The Hall–Kier alpha value is -2.10. The summed E-state index contributed by atoms with van der Waals surface area (Å²) >= 11 is 0. The van der Waals surface area contributed by atoms with Gasteiger partial charge in [0.2, 0.25) is 5.91 Å². The number of carbonyl (C=O) groups excluding carboxylic acids is 1. The molecule has 1 N–H and O–H groups in total. The van der Waals surface area contributed by atoms with Gasteiger partial charge in [-0.2, -0.15) is 0 Å². The van der Waals surface area contributed by atoms with Crippen molar-refractivity contribution in [1.82, 2.24) is 14.9 Å². The van der Waals surface area contributed by atoms with Gasteiger partial charge in [0.05, 0.1) is 0 Å². The highest BCUT2D eigenvalue weighted by atomic mass is 16.2. The molecule has 25 heavy (non-hydrogen) atoms. The number of fused-ring (bicyclic) bond motifs is 1. The van der Waals surface area contributed by atoms with Crippen molar-refractivity contribution in [2.75, 3.05) is 0 Å². The third-order valence-electron chi connectivity index (χ3n) is 5.90. The van der Waals surface area contributed by atoms with E-state index in [1.165, 1.54) is 24.8 Å². The first-order valence-electron chi connectivity index (χ1n) is 9.60. The molecule has 0 radical (unpaired) electrons. The minimum Gasteiger partial charge on any atom is -0.350 e. The van der Waals surface area contributed by atoms with Crippen molar-refractivity contribution < 1.29 is 4.79 Å². The SMILES string of the molecule is O=C(NC1(Cc2ccccc2)CCCCC1)[C@H]1CCn2ccnc2C1. The summed E-state index contributed by atoms with van der Waals surface area (Å²) in [5.74, 6) is 1.34. The Morgan fingerprint density at radius 2 is 2.00 bits per heavy atom. The highest BCUT2D eigenvalue weighted by Crippen LogP contribution is 2.32. The molecule has 0 spiro atoms. The fraction of sp³-hybridized carbons (Fsp3) is 0.524. The quantitative estimate of drug-likeness (QED) is 0.928. The fourth-order valence-electron chi connectivity index (χ4n) is 4.50. The molecule has 1 aliphatic carbocycles. The van der Waals surface area contributed by atoms with Crippen LogP contribution in [0.3, 0.4) is 0 Å². The molecule has 1 aliphatic heterocycles. The lowest BCUT2D eigenvalue weighted by atomic mass is 9.77. The van der Waals surface area contributed by atoms with Gasteiger partial charge < -0.3 is 9.88 Å². The van der Waals surface area contributed by atoms with Crippen LogP contribution in [0.1, 0.15) is 49.9 Å². The monoisotopic (exact) mass is 337 g/mol. The van der Waals surface area contributed by atoms with E-state index in [2.05, 4.69) is 45.2 Å². The third-order valence-corrected chi connectivity index (χ3v) is 5.90. The number of hydrogen-bond donors (Lipinski definition) is 1. The van der Waals surface area contributed by atoms with Crippen molar-refractivity contribution in [1.29, 1.82) is 0 Å². The average molecular weight is 337 g/mol. The Kier molecular flexibility index (Phi) is 4.60. The van der Waals surface area contributed by atoms with Crippen LogP contribution in [-0.4, -0.2) is 21.0 Å². The molecule has 1 saturated carbocycles. The van der Waals surface area contributed by atoms with Crippen LogP contribution in [0.2, 0.25) is 0 Å². The maximum absolute atomic E-state index is 13.0. The van der Waals surface area contributed by atoms with E-state index in [1.54, 1.807) is 0 Å². The Bertz CT molecular complexity index is 716. The van der Waals surface area contributed by atoms with Gasteiger partial charge in [0, 0.05) is 36.8 Å². The lowest BCUT2D eigenvalue weighted by molar-refractivity contribution is -0.128. The van der Waals surface area contributed by atoms with Crippen molar-refractivity contribution >= 4 is 5.91 Å². The van der Waals surface area contributed by atoms with Gasteiger partial charge >= 0.3 is 0 Å². The van der Waals surface area contributed by atoms with E-state index in [0.29, 0.717) is 0 Å². The highest BCUT2D eigenvalue weighted by Gasteiger charge is 2.36. The van der Waals surface area contributed by atoms with Crippen LogP contribution in [0.25, 0.3) is 0 Å². The highest BCUT2D eigenvalue weighted by molar-refractivity contribution is 5.80.